The molecule has 2 heterocycles. The highest BCUT2D eigenvalue weighted by molar-refractivity contribution is 7.12. The molecule has 6 nitrogen and oxygen atoms in total. The molecule has 1 aliphatic heterocycles. The van der Waals surface area contributed by atoms with Crippen LogP contribution in [0.2, 0.25) is 0 Å². The van der Waals surface area contributed by atoms with E-state index in [1.54, 1.807) is 0 Å². The molecule has 0 spiro atoms. The van der Waals surface area contributed by atoms with Gasteiger partial charge in [-0.3, -0.25) is 9.69 Å². The van der Waals surface area contributed by atoms with Gasteiger partial charge >= 0.3 is 0 Å². The van der Waals surface area contributed by atoms with Crippen LogP contribution in [0.15, 0.2) is 16.6 Å². The smallest absolute Gasteiger partial charge is 0.264 e. The van der Waals surface area contributed by atoms with Gasteiger partial charge in [-0.1, -0.05) is 12.1 Å². The molecule has 1 saturated heterocycles. The third-order valence-electron chi connectivity index (χ3n) is 4.01. The zero-order valence-electron chi connectivity index (χ0n) is 12.5. The number of hydrogen-bond acceptors (Lipinski definition) is 5. The van der Waals surface area contributed by atoms with Crippen LogP contribution in [-0.4, -0.2) is 59.0 Å². The summed E-state index contributed by atoms with van der Waals surface area (Å²) < 4.78 is 0. The lowest BCUT2D eigenvalue weighted by Gasteiger charge is -2.37. The van der Waals surface area contributed by atoms with E-state index in [0.29, 0.717) is 13.1 Å². The van der Waals surface area contributed by atoms with Crippen LogP contribution in [0.1, 0.15) is 29.1 Å². The van der Waals surface area contributed by atoms with E-state index in [9.17, 15) is 4.79 Å². The quantitative estimate of drug-likeness (QED) is 0.379. The second-order valence-electron chi connectivity index (χ2n) is 5.16. The lowest BCUT2D eigenvalue weighted by molar-refractivity contribution is 0.0622. The van der Waals surface area contributed by atoms with Crippen LogP contribution in [0, 0.1) is 0 Å². The number of oxime groups is 1. The molecule has 0 aromatic carbocycles. The van der Waals surface area contributed by atoms with Crippen molar-refractivity contribution < 1.29 is 10.0 Å². The predicted molar refractivity (Wildman–Crippen MR) is 84.0 cm³/mol. The van der Waals surface area contributed by atoms with Gasteiger partial charge in [0.1, 0.15) is 0 Å². The maximum atomic E-state index is 12.5. The van der Waals surface area contributed by atoms with E-state index in [1.165, 1.54) is 11.3 Å². The fourth-order valence-corrected chi connectivity index (χ4v) is 3.49. The van der Waals surface area contributed by atoms with Crippen LogP contribution in [0.25, 0.3) is 0 Å². The van der Waals surface area contributed by atoms with Gasteiger partial charge in [0, 0.05) is 26.2 Å². The molecular formula is C14H22N4O2S. The highest BCUT2D eigenvalue weighted by Gasteiger charge is 2.27. The predicted octanol–water partition coefficient (Wildman–Crippen LogP) is 1.20. The van der Waals surface area contributed by atoms with Crippen LogP contribution in [0.4, 0.5) is 0 Å². The van der Waals surface area contributed by atoms with Gasteiger partial charge in [0.15, 0.2) is 5.84 Å². The second-order valence-corrected chi connectivity index (χ2v) is 6.07. The van der Waals surface area contributed by atoms with Crippen LogP contribution in [0.5, 0.6) is 0 Å². The van der Waals surface area contributed by atoms with E-state index in [2.05, 4.69) is 17.0 Å². The Morgan fingerprint density at radius 2 is 2.14 bits per heavy atom. The summed E-state index contributed by atoms with van der Waals surface area (Å²) in [4.78, 5) is 17.4. The zero-order valence-corrected chi connectivity index (χ0v) is 13.3. The van der Waals surface area contributed by atoms with Crippen molar-refractivity contribution in [3.63, 3.8) is 0 Å². The number of amides is 1. The normalized spacial score (nSPS) is 18.8. The third-order valence-corrected chi connectivity index (χ3v) is 4.96. The van der Waals surface area contributed by atoms with Crippen LogP contribution in [-0.2, 0) is 6.42 Å². The first kappa shape index (κ1) is 15.8. The summed E-state index contributed by atoms with van der Waals surface area (Å²) in [6.45, 7) is 6.77. The Labute approximate surface area is 128 Å². The van der Waals surface area contributed by atoms with Crippen molar-refractivity contribution in [3.05, 3.63) is 21.9 Å². The number of rotatable bonds is 4. The monoisotopic (exact) mass is 310 g/mol. The minimum absolute atomic E-state index is 0.111. The number of piperazine rings is 1. The number of amidine groups is 1. The lowest BCUT2D eigenvalue weighted by atomic mass is 10.1. The molecule has 1 unspecified atom stereocenters. The molecule has 1 atom stereocenters. The van der Waals surface area contributed by atoms with Gasteiger partial charge in [0.2, 0.25) is 0 Å². The molecule has 116 valence electrons. The fraction of sp³-hybridized carbons (Fsp3) is 0.571. The third kappa shape index (κ3) is 3.36. The molecule has 7 heteroatoms. The molecule has 21 heavy (non-hydrogen) atoms. The minimum atomic E-state index is -0.111. The van der Waals surface area contributed by atoms with Crippen molar-refractivity contribution in [2.24, 2.45) is 10.9 Å². The van der Waals surface area contributed by atoms with Crippen molar-refractivity contribution in [2.75, 3.05) is 26.2 Å². The molecule has 1 fully saturated rings. The fourth-order valence-electron chi connectivity index (χ4n) is 2.53. The molecule has 0 aliphatic carbocycles. The highest BCUT2D eigenvalue weighted by Crippen LogP contribution is 2.20. The van der Waals surface area contributed by atoms with E-state index in [0.717, 1.165) is 30.0 Å². The number of carbonyl (C=O) groups excluding carboxylic acids is 1. The highest BCUT2D eigenvalue weighted by atomic mass is 32.1. The topological polar surface area (TPSA) is 82.2 Å². The zero-order chi connectivity index (χ0) is 15.4. The Balaban J connectivity index is 1.96. The van der Waals surface area contributed by atoms with Gasteiger partial charge in [-0.05, 0) is 30.4 Å². The SMILES string of the molecule is CCc1ccsc1C(=O)N1CCN(C(C)/C(N)=N/O)CC1. The Hall–Kier alpha value is -1.60. The van der Waals surface area contributed by atoms with Crippen molar-refractivity contribution >= 4 is 23.1 Å². The van der Waals surface area contributed by atoms with E-state index in [4.69, 9.17) is 10.9 Å². The Bertz CT molecular complexity index is 521. The van der Waals surface area contributed by atoms with E-state index < -0.39 is 0 Å². The average molecular weight is 310 g/mol. The van der Waals surface area contributed by atoms with Crippen molar-refractivity contribution in [3.8, 4) is 0 Å². The molecule has 1 aromatic rings. The van der Waals surface area contributed by atoms with Gasteiger partial charge in [-0.25, -0.2) is 0 Å². The van der Waals surface area contributed by atoms with Crippen molar-refractivity contribution in [2.45, 2.75) is 26.3 Å². The molecule has 0 bridgehead atoms. The Morgan fingerprint density at radius 1 is 1.48 bits per heavy atom. The van der Waals surface area contributed by atoms with Gasteiger partial charge in [0.05, 0.1) is 10.9 Å². The van der Waals surface area contributed by atoms with Gasteiger partial charge < -0.3 is 15.8 Å². The molecule has 0 saturated carbocycles. The lowest BCUT2D eigenvalue weighted by Crippen LogP contribution is -2.54. The number of nitrogens with zero attached hydrogens (tertiary/aromatic N) is 3. The number of hydrogen-bond donors (Lipinski definition) is 2. The molecule has 0 radical (unpaired) electrons. The minimum Gasteiger partial charge on any atom is -0.409 e. The maximum Gasteiger partial charge on any atom is 0.264 e. The summed E-state index contributed by atoms with van der Waals surface area (Å²) in [7, 11) is 0. The Kier molecular flexibility index (Phi) is 5.19. The Morgan fingerprint density at radius 3 is 2.71 bits per heavy atom. The molecule has 1 aliphatic rings. The molecular weight excluding hydrogens is 288 g/mol. The number of carbonyl (C=O) groups is 1. The molecule has 2 rings (SSSR count). The van der Waals surface area contributed by atoms with E-state index in [-0.39, 0.29) is 17.8 Å². The van der Waals surface area contributed by atoms with E-state index in [1.807, 2.05) is 23.3 Å². The summed E-state index contributed by atoms with van der Waals surface area (Å²) in [5.41, 5.74) is 6.76. The molecule has 1 aromatic heterocycles. The summed E-state index contributed by atoms with van der Waals surface area (Å²) in [5, 5.41) is 13.8. The average Bonchev–Trinajstić information content (AvgIpc) is 3.01. The van der Waals surface area contributed by atoms with Gasteiger partial charge in [-0.15, -0.1) is 11.3 Å². The standard InChI is InChI=1S/C14H22N4O2S/c1-3-11-4-9-21-12(11)14(19)18-7-5-17(6-8-18)10(2)13(15)16-20/h4,9-10,20H,3,5-8H2,1-2H3,(H2,15,16). The van der Waals surface area contributed by atoms with Crippen LogP contribution < -0.4 is 5.73 Å². The number of thiophene rings is 1. The van der Waals surface area contributed by atoms with Crippen LogP contribution in [0.3, 0.4) is 0 Å². The number of aryl methyl sites for hydroxylation is 1. The van der Waals surface area contributed by atoms with E-state index >= 15 is 0 Å². The first-order valence-corrected chi connectivity index (χ1v) is 8.03. The van der Waals surface area contributed by atoms with Gasteiger partial charge in [-0.2, -0.15) is 0 Å². The van der Waals surface area contributed by atoms with Crippen molar-refractivity contribution in [1.82, 2.24) is 9.80 Å². The summed E-state index contributed by atoms with van der Waals surface area (Å²) in [6, 6.07) is 1.91. The summed E-state index contributed by atoms with van der Waals surface area (Å²) in [6.07, 6.45) is 0.880. The maximum absolute atomic E-state index is 12.5. The van der Waals surface area contributed by atoms with Crippen molar-refractivity contribution in [1.29, 1.82) is 0 Å². The van der Waals surface area contributed by atoms with Gasteiger partial charge in [0.25, 0.3) is 5.91 Å². The molecule has 3 N–H and O–H groups in total. The first-order valence-electron chi connectivity index (χ1n) is 7.15. The second kappa shape index (κ2) is 6.91. The summed E-state index contributed by atoms with van der Waals surface area (Å²) >= 11 is 1.51. The largest absolute Gasteiger partial charge is 0.409 e. The first-order chi connectivity index (χ1) is 10.1. The summed E-state index contributed by atoms with van der Waals surface area (Å²) in [5.74, 6) is 0.333. The number of nitrogens with two attached hydrogens (primary N) is 1. The van der Waals surface area contributed by atoms with Crippen LogP contribution >= 0.6 is 11.3 Å². The molecule has 1 amide bonds.